The summed E-state index contributed by atoms with van der Waals surface area (Å²) < 4.78 is 5.72. The summed E-state index contributed by atoms with van der Waals surface area (Å²) in [5.41, 5.74) is 9.51. The molecule has 0 saturated carbocycles. The fourth-order valence-electron chi connectivity index (χ4n) is 1.69. The molecule has 7 heteroatoms. The van der Waals surface area contributed by atoms with Crippen molar-refractivity contribution in [2.75, 3.05) is 11.2 Å². The van der Waals surface area contributed by atoms with Gasteiger partial charge in [-0.15, -0.1) is 4.79 Å². The number of nitrogen functional groups attached to an aromatic ring is 1. The van der Waals surface area contributed by atoms with Gasteiger partial charge < -0.3 is 10.2 Å². The Labute approximate surface area is 109 Å². The normalized spacial score (nSPS) is 10.5. The van der Waals surface area contributed by atoms with Crippen molar-refractivity contribution in [3.05, 3.63) is 48.2 Å². The Morgan fingerprint density at radius 1 is 1.16 bits per heavy atom. The van der Waals surface area contributed by atoms with Crippen LogP contribution in [0, 0.1) is 0 Å². The Bertz CT molecular complexity index is 660. The molecule has 96 valence electrons. The number of aromatic nitrogens is 4. The Morgan fingerprint density at radius 3 is 2.74 bits per heavy atom. The molecule has 2 aromatic heterocycles. The Balaban J connectivity index is 1.70. The third-order valence-electron chi connectivity index (χ3n) is 2.62. The van der Waals surface area contributed by atoms with Crippen LogP contribution < -0.4 is 11.2 Å². The number of rotatable bonds is 4. The third-order valence-corrected chi connectivity index (χ3v) is 2.62. The molecule has 0 fully saturated rings. The van der Waals surface area contributed by atoms with Gasteiger partial charge in [0.2, 0.25) is 0 Å². The lowest BCUT2D eigenvalue weighted by Crippen LogP contribution is -2.18. The number of anilines is 1. The minimum atomic E-state index is 0.204. The molecule has 0 amide bonds. The van der Waals surface area contributed by atoms with Gasteiger partial charge in [-0.1, -0.05) is 35.4 Å². The van der Waals surface area contributed by atoms with Crippen molar-refractivity contribution in [3.8, 4) is 11.3 Å². The third kappa shape index (κ3) is 2.39. The second-order valence-electron chi connectivity index (χ2n) is 3.92. The number of nitrogens with zero attached hydrogens (tertiary/aromatic N) is 4. The summed E-state index contributed by atoms with van der Waals surface area (Å²) in [6, 6.07) is 13.7. The molecule has 0 spiro atoms. The largest absolute Gasteiger partial charge is 0.459 e. The highest BCUT2D eigenvalue weighted by Gasteiger charge is 2.05. The summed E-state index contributed by atoms with van der Waals surface area (Å²) in [4.78, 5) is 1.30. The molecule has 0 radical (unpaired) electrons. The van der Waals surface area contributed by atoms with E-state index in [0.29, 0.717) is 6.54 Å². The van der Waals surface area contributed by atoms with Crippen molar-refractivity contribution in [3.63, 3.8) is 0 Å². The van der Waals surface area contributed by atoms with Crippen molar-refractivity contribution in [1.82, 2.24) is 20.3 Å². The molecule has 2 heterocycles. The van der Waals surface area contributed by atoms with E-state index in [2.05, 4.69) is 21.0 Å². The van der Waals surface area contributed by atoms with Crippen molar-refractivity contribution in [2.45, 2.75) is 6.54 Å². The van der Waals surface area contributed by atoms with Crippen LogP contribution in [0.3, 0.4) is 0 Å². The maximum Gasteiger partial charge on any atom is 0.260 e. The lowest BCUT2D eigenvalue weighted by molar-refractivity contribution is 0.517. The molecule has 0 saturated heterocycles. The number of hydrogen-bond donors (Lipinski definition) is 2. The summed E-state index contributed by atoms with van der Waals surface area (Å²) in [5, 5.41) is 10.7. The molecule has 1 aromatic carbocycles. The van der Waals surface area contributed by atoms with E-state index in [-0.39, 0.29) is 5.95 Å². The number of hydrogen-bond acceptors (Lipinski definition) is 6. The second-order valence-corrected chi connectivity index (χ2v) is 3.92. The fraction of sp³-hybridized carbons (Fsp3) is 0.0833. The van der Waals surface area contributed by atoms with Gasteiger partial charge in [0.05, 0.1) is 6.54 Å². The summed E-state index contributed by atoms with van der Waals surface area (Å²) in [5.74, 6) is 1.80. The highest BCUT2D eigenvalue weighted by atomic mass is 16.3. The van der Waals surface area contributed by atoms with Crippen LogP contribution in [0.4, 0.5) is 5.95 Å². The van der Waals surface area contributed by atoms with E-state index in [4.69, 9.17) is 10.2 Å². The molecule has 0 unspecified atom stereocenters. The van der Waals surface area contributed by atoms with E-state index in [0.717, 1.165) is 17.1 Å². The quantitative estimate of drug-likeness (QED) is 0.729. The van der Waals surface area contributed by atoms with Crippen LogP contribution in [0.25, 0.3) is 11.3 Å². The molecule has 0 aliphatic carbocycles. The topological polar surface area (TPSA) is 94.8 Å². The maximum atomic E-state index is 5.72. The zero-order chi connectivity index (χ0) is 13.1. The van der Waals surface area contributed by atoms with Crippen LogP contribution in [-0.4, -0.2) is 20.3 Å². The number of benzene rings is 1. The summed E-state index contributed by atoms with van der Waals surface area (Å²) >= 11 is 0. The zero-order valence-electron chi connectivity index (χ0n) is 10.0. The lowest BCUT2D eigenvalue weighted by Gasteiger charge is -2.03. The smallest absolute Gasteiger partial charge is 0.260 e. The highest BCUT2D eigenvalue weighted by Crippen LogP contribution is 2.21. The SMILES string of the molecule is Nc1nnnn1NCc1ccc(-c2ccccc2)o1. The second kappa shape index (κ2) is 4.81. The zero-order valence-corrected chi connectivity index (χ0v) is 10.0. The lowest BCUT2D eigenvalue weighted by atomic mass is 10.2. The minimum absolute atomic E-state index is 0.204. The average Bonchev–Trinajstić information content (AvgIpc) is 3.06. The molecular weight excluding hydrogens is 244 g/mol. The predicted molar refractivity (Wildman–Crippen MR) is 69.4 cm³/mol. The summed E-state index contributed by atoms with van der Waals surface area (Å²) in [6.07, 6.45) is 0. The van der Waals surface area contributed by atoms with E-state index >= 15 is 0 Å². The van der Waals surface area contributed by atoms with Gasteiger partial charge in [0.15, 0.2) is 0 Å². The maximum absolute atomic E-state index is 5.72. The monoisotopic (exact) mass is 256 g/mol. The number of nitrogens with one attached hydrogen (secondary N) is 1. The van der Waals surface area contributed by atoms with Crippen molar-refractivity contribution in [1.29, 1.82) is 0 Å². The Kier molecular flexibility index (Phi) is 2.85. The standard InChI is InChI=1S/C12H12N6O/c13-12-15-16-17-18(12)14-8-10-6-7-11(19-10)9-4-2-1-3-5-9/h1-7,14H,8H2,(H2,13,15,17). The first-order chi connectivity index (χ1) is 9.33. The average molecular weight is 256 g/mol. The van der Waals surface area contributed by atoms with Gasteiger partial charge in [-0.3, -0.25) is 5.43 Å². The van der Waals surface area contributed by atoms with Gasteiger partial charge >= 0.3 is 0 Å². The highest BCUT2D eigenvalue weighted by molar-refractivity contribution is 5.57. The Morgan fingerprint density at radius 2 is 2.00 bits per heavy atom. The van der Waals surface area contributed by atoms with Crippen LogP contribution in [-0.2, 0) is 6.54 Å². The molecule has 0 aliphatic heterocycles. The molecular formula is C12H12N6O. The molecule has 0 atom stereocenters. The van der Waals surface area contributed by atoms with E-state index in [1.54, 1.807) is 0 Å². The van der Waals surface area contributed by atoms with Crippen LogP contribution in [0.15, 0.2) is 46.9 Å². The molecule has 7 nitrogen and oxygen atoms in total. The number of furan rings is 1. The molecule has 3 rings (SSSR count). The first-order valence-electron chi connectivity index (χ1n) is 5.75. The summed E-state index contributed by atoms with van der Waals surface area (Å²) in [7, 11) is 0. The molecule has 3 N–H and O–H groups in total. The molecule has 19 heavy (non-hydrogen) atoms. The fourth-order valence-corrected chi connectivity index (χ4v) is 1.69. The summed E-state index contributed by atoms with van der Waals surface area (Å²) in [6.45, 7) is 0.447. The van der Waals surface area contributed by atoms with Crippen LogP contribution >= 0.6 is 0 Å². The van der Waals surface area contributed by atoms with Gasteiger partial charge in [-0.2, -0.15) is 0 Å². The van der Waals surface area contributed by atoms with Crippen LogP contribution in [0.1, 0.15) is 5.76 Å². The van der Waals surface area contributed by atoms with E-state index in [1.807, 2.05) is 42.5 Å². The van der Waals surface area contributed by atoms with Crippen molar-refractivity contribution >= 4 is 5.95 Å². The van der Waals surface area contributed by atoms with E-state index in [9.17, 15) is 0 Å². The van der Waals surface area contributed by atoms with Crippen LogP contribution in [0.5, 0.6) is 0 Å². The first-order valence-corrected chi connectivity index (χ1v) is 5.75. The number of tetrazole rings is 1. The molecule has 3 aromatic rings. The van der Waals surface area contributed by atoms with Gasteiger partial charge in [-0.05, 0) is 22.6 Å². The predicted octanol–water partition coefficient (Wildman–Crippen LogP) is 1.26. The molecule has 0 bridgehead atoms. The van der Waals surface area contributed by atoms with Crippen molar-refractivity contribution in [2.24, 2.45) is 0 Å². The molecule has 0 aliphatic rings. The van der Waals surface area contributed by atoms with Crippen LogP contribution in [0.2, 0.25) is 0 Å². The minimum Gasteiger partial charge on any atom is -0.459 e. The van der Waals surface area contributed by atoms with Gasteiger partial charge in [0.1, 0.15) is 11.5 Å². The van der Waals surface area contributed by atoms with E-state index in [1.165, 1.54) is 4.79 Å². The van der Waals surface area contributed by atoms with Gasteiger partial charge in [0, 0.05) is 5.56 Å². The first kappa shape index (κ1) is 11.3. The number of nitrogens with two attached hydrogens (primary N) is 1. The van der Waals surface area contributed by atoms with Gasteiger partial charge in [-0.25, -0.2) is 0 Å². The Hall–Kier alpha value is -2.83. The van der Waals surface area contributed by atoms with E-state index < -0.39 is 0 Å². The van der Waals surface area contributed by atoms with Crippen molar-refractivity contribution < 1.29 is 4.42 Å². The van der Waals surface area contributed by atoms with Gasteiger partial charge in [0.25, 0.3) is 5.95 Å².